The van der Waals surface area contributed by atoms with E-state index in [4.69, 9.17) is 18.6 Å². The van der Waals surface area contributed by atoms with Crippen molar-refractivity contribution in [2.24, 2.45) is 0 Å². The first-order chi connectivity index (χ1) is 13.6. The maximum atomic E-state index is 12.4. The van der Waals surface area contributed by atoms with Crippen molar-refractivity contribution in [2.45, 2.75) is 6.61 Å². The monoisotopic (exact) mass is 442 g/mol. The molecule has 1 heterocycles. The number of furan rings is 1. The molecular formula is C22H19BrO5. The lowest BCUT2D eigenvalue weighted by Gasteiger charge is -2.07. The Morgan fingerprint density at radius 2 is 1.75 bits per heavy atom. The molecule has 0 unspecified atom stereocenters. The third-order valence-electron chi connectivity index (χ3n) is 3.94. The van der Waals surface area contributed by atoms with Gasteiger partial charge in [0.25, 0.3) is 0 Å². The van der Waals surface area contributed by atoms with Crippen molar-refractivity contribution in [1.82, 2.24) is 0 Å². The molecule has 0 aliphatic heterocycles. The number of methoxy groups -OCH3 is 2. The average molecular weight is 443 g/mol. The second-order valence-corrected chi connectivity index (χ2v) is 6.73. The molecule has 2 aromatic carbocycles. The Morgan fingerprint density at radius 1 is 1.00 bits per heavy atom. The van der Waals surface area contributed by atoms with Gasteiger partial charge in [0.15, 0.2) is 17.3 Å². The van der Waals surface area contributed by atoms with Gasteiger partial charge in [0, 0.05) is 10.0 Å². The Balaban J connectivity index is 1.61. The van der Waals surface area contributed by atoms with Gasteiger partial charge in [0.05, 0.1) is 14.2 Å². The number of benzene rings is 2. The number of carbonyl (C=O) groups is 1. The molecule has 1 aromatic heterocycles. The van der Waals surface area contributed by atoms with Crippen LogP contribution in [0.5, 0.6) is 17.2 Å². The van der Waals surface area contributed by atoms with Crippen LogP contribution in [-0.2, 0) is 6.61 Å². The van der Waals surface area contributed by atoms with Crippen LogP contribution in [0.4, 0.5) is 0 Å². The summed E-state index contributed by atoms with van der Waals surface area (Å²) in [5.74, 6) is 2.91. The molecule has 5 nitrogen and oxygen atoms in total. The predicted molar refractivity (Wildman–Crippen MR) is 110 cm³/mol. The van der Waals surface area contributed by atoms with Crippen LogP contribution in [0.15, 0.2) is 69.6 Å². The highest BCUT2D eigenvalue weighted by Crippen LogP contribution is 2.28. The number of hydrogen-bond acceptors (Lipinski definition) is 5. The predicted octanol–water partition coefficient (Wildman–Crippen LogP) is 5.53. The molecule has 3 aromatic rings. The van der Waals surface area contributed by atoms with E-state index in [0.29, 0.717) is 35.2 Å². The van der Waals surface area contributed by atoms with Gasteiger partial charge in [-0.05, 0) is 66.7 Å². The van der Waals surface area contributed by atoms with Crippen molar-refractivity contribution in [1.29, 1.82) is 0 Å². The van der Waals surface area contributed by atoms with Crippen LogP contribution in [0.3, 0.4) is 0 Å². The molecule has 0 saturated heterocycles. The van der Waals surface area contributed by atoms with E-state index in [0.717, 1.165) is 10.2 Å². The van der Waals surface area contributed by atoms with Crippen molar-refractivity contribution >= 4 is 27.8 Å². The number of halogens is 1. The van der Waals surface area contributed by atoms with Crippen molar-refractivity contribution in [3.63, 3.8) is 0 Å². The van der Waals surface area contributed by atoms with E-state index in [9.17, 15) is 4.79 Å². The lowest BCUT2D eigenvalue weighted by Crippen LogP contribution is -1.97. The van der Waals surface area contributed by atoms with Gasteiger partial charge in [-0.25, -0.2) is 0 Å². The van der Waals surface area contributed by atoms with Crippen LogP contribution < -0.4 is 14.2 Å². The highest BCUT2D eigenvalue weighted by molar-refractivity contribution is 9.10. The minimum absolute atomic E-state index is 0.162. The first-order valence-electron chi connectivity index (χ1n) is 8.50. The Hall–Kier alpha value is -2.99. The minimum Gasteiger partial charge on any atom is -0.493 e. The van der Waals surface area contributed by atoms with Gasteiger partial charge in [-0.3, -0.25) is 4.79 Å². The topological polar surface area (TPSA) is 57.9 Å². The van der Waals surface area contributed by atoms with Crippen LogP contribution in [-0.4, -0.2) is 20.0 Å². The number of hydrogen-bond donors (Lipinski definition) is 0. The molecule has 3 rings (SSSR count). The van der Waals surface area contributed by atoms with Gasteiger partial charge in [-0.2, -0.15) is 0 Å². The molecule has 0 spiro atoms. The summed E-state index contributed by atoms with van der Waals surface area (Å²) >= 11 is 3.38. The van der Waals surface area contributed by atoms with Gasteiger partial charge < -0.3 is 18.6 Å². The molecule has 0 fully saturated rings. The van der Waals surface area contributed by atoms with Gasteiger partial charge in [0.2, 0.25) is 0 Å². The molecule has 0 N–H and O–H groups in total. The molecule has 28 heavy (non-hydrogen) atoms. The first-order valence-corrected chi connectivity index (χ1v) is 9.30. The lowest BCUT2D eigenvalue weighted by molar-refractivity contribution is 0.104. The molecule has 0 aliphatic carbocycles. The average Bonchev–Trinajstić information content (AvgIpc) is 3.19. The van der Waals surface area contributed by atoms with E-state index in [1.807, 2.05) is 30.3 Å². The Bertz CT molecular complexity index is 973. The van der Waals surface area contributed by atoms with Crippen LogP contribution in [0.25, 0.3) is 6.08 Å². The third kappa shape index (κ3) is 5.04. The molecule has 0 amide bonds. The zero-order valence-electron chi connectivity index (χ0n) is 15.5. The number of carbonyl (C=O) groups excluding carboxylic acids is 1. The summed E-state index contributed by atoms with van der Waals surface area (Å²) < 4.78 is 22.7. The molecule has 0 saturated carbocycles. The number of rotatable bonds is 8. The van der Waals surface area contributed by atoms with Gasteiger partial charge in [-0.1, -0.05) is 15.9 Å². The first kappa shape index (κ1) is 19.8. The lowest BCUT2D eigenvalue weighted by atomic mass is 10.1. The summed E-state index contributed by atoms with van der Waals surface area (Å²) in [7, 11) is 3.08. The van der Waals surface area contributed by atoms with E-state index in [2.05, 4.69) is 15.9 Å². The summed E-state index contributed by atoms with van der Waals surface area (Å²) in [5, 5.41) is 0. The SMILES string of the molecule is COc1ccc(C(=O)/C=C/c2ccc(COc3ccc(Br)cc3)o2)cc1OC. The van der Waals surface area contributed by atoms with Gasteiger partial charge in [-0.15, -0.1) is 0 Å². The molecule has 144 valence electrons. The van der Waals surface area contributed by atoms with Crippen molar-refractivity contribution in [3.05, 3.63) is 82.2 Å². The van der Waals surface area contributed by atoms with E-state index < -0.39 is 0 Å². The zero-order chi connectivity index (χ0) is 19.9. The van der Waals surface area contributed by atoms with E-state index in [-0.39, 0.29) is 5.78 Å². The van der Waals surface area contributed by atoms with Crippen LogP contribution >= 0.6 is 15.9 Å². The van der Waals surface area contributed by atoms with Gasteiger partial charge >= 0.3 is 0 Å². The Kier molecular flexibility index (Phi) is 6.55. The maximum absolute atomic E-state index is 12.4. The number of ether oxygens (including phenoxy) is 3. The zero-order valence-corrected chi connectivity index (χ0v) is 17.1. The molecule has 0 atom stereocenters. The third-order valence-corrected chi connectivity index (χ3v) is 4.47. The largest absolute Gasteiger partial charge is 0.493 e. The molecular weight excluding hydrogens is 424 g/mol. The number of allylic oxidation sites excluding steroid dienone is 1. The van der Waals surface area contributed by atoms with E-state index >= 15 is 0 Å². The summed E-state index contributed by atoms with van der Waals surface area (Å²) in [6, 6.07) is 16.2. The Morgan fingerprint density at radius 3 is 2.46 bits per heavy atom. The van der Waals surface area contributed by atoms with E-state index in [1.165, 1.54) is 13.2 Å². The molecule has 0 bridgehead atoms. The normalized spacial score (nSPS) is 10.8. The van der Waals surface area contributed by atoms with Crippen molar-refractivity contribution < 1.29 is 23.4 Å². The molecule has 0 aliphatic rings. The molecule has 0 radical (unpaired) electrons. The Labute approximate surface area is 171 Å². The fourth-order valence-electron chi connectivity index (χ4n) is 2.49. The van der Waals surface area contributed by atoms with E-state index in [1.54, 1.807) is 37.5 Å². The van der Waals surface area contributed by atoms with Crippen molar-refractivity contribution in [2.75, 3.05) is 14.2 Å². The quantitative estimate of drug-likeness (QED) is 0.338. The van der Waals surface area contributed by atoms with Crippen molar-refractivity contribution in [3.8, 4) is 17.2 Å². The highest BCUT2D eigenvalue weighted by Gasteiger charge is 2.09. The fraction of sp³-hybridized carbons (Fsp3) is 0.136. The van der Waals surface area contributed by atoms with Crippen LogP contribution in [0.2, 0.25) is 0 Å². The summed E-state index contributed by atoms with van der Waals surface area (Å²) in [6.45, 7) is 0.305. The summed E-state index contributed by atoms with van der Waals surface area (Å²) in [5.41, 5.74) is 0.499. The minimum atomic E-state index is -0.162. The summed E-state index contributed by atoms with van der Waals surface area (Å²) in [6.07, 6.45) is 3.08. The second kappa shape index (κ2) is 9.28. The smallest absolute Gasteiger partial charge is 0.186 e. The standard InChI is InChI=1S/C22H19BrO5/c1-25-21-12-3-15(13-22(21)26-2)20(24)11-10-18-8-9-19(28-18)14-27-17-6-4-16(23)5-7-17/h3-13H,14H2,1-2H3/b11-10+. The molecule has 6 heteroatoms. The second-order valence-electron chi connectivity index (χ2n) is 5.81. The highest BCUT2D eigenvalue weighted by atomic mass is 79.9. The van der Waals surface area contributed by atoms with Gasteiger partial charge in [0.1, 0.15) is 23.9 Å². The van der Waals surface area contributed by atoms with Crippen LogP contribution in [0, 0.1) is 0 Å². The fourth-order valence-corrected chi connectivity index (χ4v) is 2.75. The number of ketones is 1. The van der Waals surface area contributed by atoms with Crippen LogP contribution in [0.1, 0.15) is 21.9 Å². The maximum Gasteiger partial charge on any atom is 0.186 e. The summed E-state index contributed by atoms with van der Waals surface area (Å²) in [4.78, 5) is 12.4.